The Morgan fingerprint density at radius 2 is 1.96 bits per heavy atom. The molecule has 130 valence electrons. The molecule has 1 N–H and O–H groups in total. The van der Waals surface area contributed by atoms with Gasteiger partial charge in [0.25, 0.3) is 5.91 Å². The first-order valence-corrected chi connectivity index (χ1v) is 8.50. The van der Waals surface area contributed by atoms with E-state index in [4.69, 9.17) is 11.6 Å². The highest BCUT2D eigenvalue weighted by molar-refractivity contribution is 6.30. The van der Waals surface area contributed by atoms with Crippen LogP contribution in [-0.2, 0) is 17.9 Å². The van der Waals surface area contributed by atoms with Gasteiger partial charge in [-0.1, -0.05) is 35.9 Å². The van der Waals surface area contributed by atoms with Crippen LogP contribution in [0.4, 0.5) is 4.39 Å². The predicted molar refractivity (Wildman–Crippen MR) is 93.7 cm³/mol. The Morgan fingerprint density at radius 1 is 1.20 bits per heavy atom. The van der Waals surface area contributed by atoms with Crippen molar-refractivity contribution in [2.75, 3.05) is 6.54 Å². The molecule has 0 aliphatic carbocycles. The number of carbonyl (C=O) groups excluding carboxylic acids is 2. The second-order valence-electron chi connectivity index (χ2n) is 5.99. The summed E-state index contributed by atoms with van der Waals surface area (Å²) in [5.74, 6) is -0.996. The van der Waals surface area contributed by atoms with Gasteiger partial charge in [-0.25, -0.2) is 4.39 Å². The van der Waals surface area contributed by atoms with Crippen LogP contribution in [0.25, 0.3) is 0 Å². The molecule has 1 fully saturated rings. The van der Waals surface area contributed by atoms with Crippen molar-refractivity contribution in [1.29, 1.82) is 0 Å². The van der Waals surface area contributed by atoms with Crippen LogP contribution in [0, 0.1) is 5.82 Å². The van der Waals surface area contributed by atoms with Crippen molar-refractivity contribution < 1.29 is 14.0 Å². The van der Waals surface area contributed by atoms with E-state index in [9.17, 15) is 14.0 Å². The minimum atomic E-state index is -0.652. The first-order chi connectivity index (χ1) is 12.0. The Morgan fingerprint density at radius 3 is 2.64 bits per heavy atom. The number of rotatable bonds is 5. The monoisotopic (exact) mass is 360 g/mol. The molecule has 0 aromatic heterocycles. The second-order valence-corrected chi connectivity index (χ2v) is 6.43. The SMILES string of the molecule is O=C(NCc1ccccc1CN1CCCC1=O)c1ccc(Cl)cc1F. The van der Waals surface area contributed by atoms with Crippen LogP contribution < -0.4 is 5.32 Å². The van der Waals surface area contributed by atoms with E-state index in [1.165, 1.54) is 12.1 Å². The maximum absolute atomic E-state index is 13.8. The topological polar surface area (TPSA) is 49.4 Å². The first kappa shape index (κ1) is 17.4. The zero-order valence-corrected chi connectivity index (χ0v) is 14.4. The fourth-order valence-corrected chi connectivity index (χ4v) is 3.06. The second kappa shape index (κ2) is 7.66. The highest BCUT2D eigenvalue weighted by Crippen LogP contribution is 2.18. The molecule has 1 aliphatic rings. The average molecular weight is 361 g/mol. The smallest absolute Gasteiger partial charge is 0.254 e. The Bertz CT molecular complexity index is 810. The van der Waals surface area contributed by atoms with E-state index in [0.717, 1.165) is 30.2 Å². The third-order valence-electron chi connectivity index (χ3n) is 4.27. The van der Waals surface area contributed by atoms with Gasteiger partial charge < -0.3 is 10.2 Å². The molecule has 1 aliphatic heterocycles. The molecular formula is C19H18ClFN2O2. The quantitative estimate of drug-likeness (QED) is 0.886. The average Bonchev–Trinajstić information content (AvgIpc) is 2.99. The van der Waals surface area contributed by atoms with Crippen LogP contribution in [0.5, 0.6) is 0 Å². The van der Waals surface area contributed by atoms with Crippen LogP contribution in [0.15, 0.2) is 42.5 Å². The van der Waals surface area contributed by atoms with Crippen molar-refractivity contribution in [3.05, 3.63) is 70.0 Å². The number of hydrogen-bond acceptors (Lipinski definition) is 2. The lowest BCUT2D eigenvalue weighted by atomic mass is 10.1. The van der Waals surface area contributed by atoms with E-state index in [-0.39, 0.29) is 23.0 Å². The lowest BCUT2D eigenvalue weighted by molar-refractivity contribution is -0.128. The van der Waals surface area contributed by atoms with Gasteiger partial charge in [0, 0.05) is 31.1 Å². The van der Waals surface area contributed by atoms with E-state index in [1.807, 2.05) is 29.2 Å². The lowest BCUT2D eigenvalue weighted by Crippen LogP contribution is -2.27. The molecule has 0 bridgehead atoms. The Kier molecular flexibility index (Phi) is 5.34. The largest absolute Gasteiger partial charge is 0.348 e. The van der Waals surface area contributed by atoms with Crippen molar-refractivity contribution in [2.45, 2.75) is 25.9 Å². The number of benzene rings is 2. The first-order valence-electron chi connectivity index (χ1n) is 8.12. The van der Waals surface area contributed by atoms with Gasteiger partial charge in [-0.15, -0.1) is 0 Å². The van der Waals surface area contributed by atoms with Crippen molar-refractivity contribution in [2.24, 2.45) is 0 Å². The summed E-state index contributed by atoms with van der Waals surface area (Å²) in [6.45, 7) is 1.55. The zero-order chi connectivity index (χ0) is 17.8. The normalized spacial score (nSPS) is 14.0. The van der Waals surface area contributed by atoms with Gasteiger partial charge in [-0.3, -0.25) is 9.59 Å². The van der Waals surface area contributed by atoms with E-state index < -0.39 is 11.7 Å². The van der Waals surface area contributed by atoms with Crippen LogP contribution in [0.2, 0.25) is 5.02 Å². The fourth-order valence-electron chi connectivity index (χ4n) is 2.91. The van der Waals surface area contributed by atoms with Crippen LogP contribution in [0.3, 0.4) is 0 Å². The highest BCUT2D eigenvalue weighted by atomic mass is 35.5. The van der Waals surface area contributed by atoms with Crippen molar-refractivity contribution >= 4 is 23.4 Å². The van der Waals surface area contributed by atoms with Crippen LogP contribution in [0.1, 0.15) is 34.3 Å². The van der Waals surface area contributed by atoms with E-state index in [0.29, 0.717) is 13.0 Å². The molecule has 1 saturated heterocycles. The molecule has 1 heterocycles. The highest BCUT2D eigenvalue weighted by Gasteiger charge is 2.21. The molecule has 0 unspecified atom stereocenters. The molecule has 2 aromatic carbocycles. The predicted octanol–water partition coefficient (Wildman–Crippen LogP) is 3.53. The maximum atomic E-state index is 13.8. The summed E-state index contributed by atoms with van der Waals surface area (Å²) >= 11 is 5.70. The van der Waals surface area contributed by atoms with E-state index in [2.05, 4.69) is 5.32 Å². The van der Waals surface area contributed by atoms with Gasteiger partial charge in [0.15, 0.2) is 0 Å². The Hall–Kier alpha value is -2.40. The van der Waals surface area contributed by atoms with E-state index >= 15 is 0 Å². The van der Waals surface area contributed by atoms with Crippen molar-refractivity contribution in [1.82, 2.24) is 10.2 Å². The molecule has 4 nitrogen and oxygen atoms in total. The van der Waals surface area contributed by atoms with Crippen LogP contribution in [-0.4, -0.2) is 23.3 Å². The maximum Gasteiger partial charge on any atom is 0.254 e. The number of carbonyl (C=O) groups is 2. The molecule has 25 heavy (non-hydrogen) atoms. The minimum absolute atomic E-state index is 0.0448. The van der Waals surface area contributed by atoms with E-state index in [1.54, 1.807) is 0 Å². The number of likely N-dealkylation sites (tertiary alicyclic amines) is 1. The summed E-state index contributed by atoms with van der Waals surface area (Å²) < 4.78 is 13.8. The molecule has 3 rings (SSSR count). The lowest BCUT2D eigenvalue weighted by Gasteiger charge is -2.18. The summed E-state index contributed by atoms with van der Waals surface area (Å²) in [5.41, 5.74) is 1.84. The summed E-state index contributed by atoms with van der Waals surface area (Å²) in [6, 6.07) is 11.6. The Labute approximate surface area is 150 Å². The molecule has 0 atom stereocenters. The zero-order valence-electron chi connectivity index (χ0n) is 13.6. The molecule has 2 amide bonds. The molecule has 6 heteroatoms. The third-order valence-corrected chi connectivity index (χ3v) is 4.50. The number of nitrogens with zero attached hydrogens (tertiary/aromatic N) is 1. The molecule has 2 aromatic rings. The molecule has 0 saturated carbocycles. The van der Waals surface area contributed by atoms with Gasteiger partial charge in [0.05, 0.1) is 5.56 Å². The number of amides is 2. The fraction of sp³-hybridized carbons (Fsp3) is 0.263. The number of halogens is 2. The number of hydrogen-bond donors (Lipinski definition) is 1. The summed E-state index contributed by atoms with van der Waals surface area (Å²) in [5, 5.41) is 2.97. The molecule has 0 spiro atoms. The molecular weight excluding hydrogens is 343 g/mol. The van der Waals surface area contributed by atoms with Crippen LogP contribution >= 0.6 is 11.6 Å². The van der Waals surface area contributed by atoms with Gasteiger partial charge in [0.2, 0.25) is 5.91 Å². The van der Waals surface area contributed by atoms with Gasteiger partial charge in [-0.2, -0.15) is 0 Å². The summed E-state index contributed by atoms with van der Waals surface area (Å²) in [6.07, 6.45) is 1.47. The third kappa shape index (κ3) is 4.17. The Balaban J connectivity index is 1.68. The summed E-state index contributed by atoms with van der Waals surface area (Å²) in [4.78, 5) is 25.8. The van der Waals surface area contributed by atoms with Crippen molar-refractivity contribution in [3.63, 3.8) is 0 Å². The standard InChI is InChI=1S/C19H18ClFN2O2/c20-15-7-8-16(17(21)10-15)19(25)22-11-13-4-1-2-5-14(13)12-23-9-3-6-18(23)24/h1-2,4-5,7-8,10H,3,6,9,11-12H2,(H,22,25). The number of nitrogens with one attached hydrogen (secondary N) is 1. The van der Waals surface area contributed by atoms with Gasteiger partial charge >= 0.3 is 0 Å². The molecule has 0 radical (unpaired) electrons. The minimum Gasteiger partial charge on any atom is -0.348 e. The van der Waals surface area contributed by atoms with Gasteiger partial charge in [0.1, 0.15) is 5.82 Å². The summed E-state index contributed by atoms with van der Waals surface area (Å²) in [7, 11) is 0. The van der Waals surface area contributed by atoms with Gasteiger partial charge in [-0.05, 0) is 35.7 Å². The van der Waals surface area contributed by atoms with Crippen molar-refractivity contribution in [3.8, 4) is 0 Å².